The van der Waals surface area contributed by atoms with Crippen molar-refractivity contribution < 1.29 is 0 Å². The zero-order valence-electron chi connectivity index (χ0n) is 32.3. The normalized spacial score (nSPS) is 14.4. The predicted molar refractivity (Wildman–Crippen MR) is 244 cm³/mol. The minimum atomic E-state index is -0.208. The maximum Gasteiger partial charge on any atom is 0.0542 e. The zero-order chi connectivity index (χ0) is 38.6. The van der Waals surface area contributed by atoms with E-state index in [1.165, 1.54) is 71.9 Å². The lowest BCUT2D eigenvalue weighted by molar-refractivity contribution is 0.714. The first kappa shape index (κ1) is 33.9. The maximum atomic E-state index is 2.40. The standard InChI is InChI=1S/C56H40N2/c1-56(43-17-7-3-8-18-43)52-23-13-11-21-48(52)50-37-42(29-35-53(50)56)41-27-32-46(33-28-41)57(45-30-25-40(26-31-45)39-15-5-2-6-16-39)47-34-36-55-51(38-47)49-22-12-14-24-54(49)58(55)44-19-9-4-10-20-44/h2-38H,1H3/t56-/m0/s1. The van der Waals surface area contributed by atoms with E-state index >= 15 is 0 Å². The Morgan fingerprint density at radius 1 is 0.362 bits per heavy atom. The highest BCUT2D eigenvalue weighted by atomic mass is 15.1. The first-order valence-electron chi connectivity index (χ1n) is 20.1. The summed E-state index contributed by atoms with van der Waals surface area (Å²) >= 11 is 0. The van der Waals surface area contributed by atoms with Gasteiger partial charge in [0.15, 0.2) is 0 Å². The van der Waals surface area contributed by atoms with E-state index in [1.54, 1.807) is 0 Å². The molecule has 1 heterocycles. The largest absolute Gasteiger partial charge is 0.310 e. The van der Waals surface area contributed by atoms with E-state index in [9.17, 15) is 0 Å². The summed E-state index contributed by atoms with van der Waals surface area (Å²) in [4.78, 5) is 2.39. The van der Waals surface area contributed by atoms with E-state index in [-0.39, 0.29) is 5.41 Å². The summed E-state index contributed by atoms with van der Waals surface area (Å²) < 4.78 is 2.37. The molecule has 0 saturated carbocycles. The van der Waals surface area contributed by atoms with E-state index in [4.69, 9.17) is 0 Å². The molecule has 1 aromatic heterocycles. The number of hydrogen-bond donors (Lipinski definition) is 0. The third kappa shape index (κ3) is 5.41. The van der Waals surface area contributed by atoms with Gasteiger partial charge in [-0.05, 0) is 124 Å². The fourth-order valence-electron chi connectivity index (χ4n) is 9.40. The van der Waals surface area contributed by atoms with Gasteiger partial charge in [0, 0.05) is 38.9 Å². The fourth-order valence-corrected chi connectivity index (χ4v) is 9.40. The summed E-state index contributed by atoms with van der Waals surface area (Å²) in [5.74, 6) is 0. The Bertz CT molecular complexity index is 3090. The van der Waals surface area contributed by atoms with Gasteiger partial charge in [-0.2, -0.15) is 0 Å². The molecule has 2 nitrogen and oxygen atoms in total. The minimum Gasteiger partial charge on any atom is -0.310 e. The summed E-state index contributed by atoms with van der Waals surface area (Å²) in [5, 5.41) is 2.46. The summed E-state index contributed by atoms with van der Waals surface area (Å²) in [7, 11) is 0. The molecule has 0 bridgehead atoms. The van der Waals surface area contributed by atoms with Gasteiger partial charge in [0.05, 0.1) is 11.0 Å². The lowest BCUT2D eigenvalue weighted by Crippen LogP contribution is -2.22. The summed E-state index contributed by atoms with van der Waals surface area (Å²) in [6, 6.07) is 81.9. The number of rotatable bonds is 7. The zero-order valence-corrected chi connectivity index (χ0v) is 32.3. The number of aromatic nitrogens is 1. The average molecular weight is 741 g/mol. The second-order valence-corrected chi connectivity index (χ2v) is 15.5. The van der Waals surface area contributed by atoms with Crippen LogP contribution in [0.1, 0.15) is 23.6 Å². The van der Waals surface area contributed by atoms with Crippen molar-refractivity contribution in [1.82, 2.24) is 4.57 Å². The van der Waals surface area contributed by atoms with Gasteiger partial charge in [0.25, 0.3) is 0 Å². The molecule has 1 aliphatic rings. The van der Waals surface area contributed by atoms with Crippen LogP contribution in [-0.2, 0) is 5.41 Å². The van der Waals surface area contributed by atoms with Crippen LogP contribution >= 0.6 is 0 Å². The van der Waals surface area contributed by atoms with E-state index in [1.807, 2.05) is 0 Å². The van der Waals surface area contributed by atoms with Crippen LogP contribution in [0.3, 0.4) is 0 Å². The van der Waals surface area contributed by atoms with Crippen LogP contribution in [0.4, 0.5) is 17.1 Å². The molecule has 0 spiro atoms. The summed E-state index contributed by atoms with van der Waals surface area (Å²) in [5.41, 5.74) is 18.1. The van der Waals surface area contributed by atoms with E-state index in [2.05, 4.69) is 241 Å². The Hall–Kier alpha value is -7.42. The van der Waals surface area contributed by atoms with Crippen molar-refractivity contribution in [2.75, 3.05) is 4.90 Å². The number of fused-ring (bicyclic) bond motifs is 6. The number of nitrogens with zero attached hydrogens (tertiary/aromatic N) is 2. The fraction of sp³-hybridized carbons (Fsp3) is 0.0357. The van der Waals surface area contributed by atoms with Gasteiger partial charge in [-0.25, -0.2) is 0 Å². The SMILES string of the molecule is C[C@]1(c2ccccc2)c2ccccc2-c2cc(-c3ccc(N(c4ccc(-c5ccccc5)cc4)c4ccc5c(c4)c4ccccc4n5-c4ccccc4)cc3)ccc21. The Morgan fingerprint density at radius 3 is 1.60 bits per heavy atom. The van der Waals surface area contributed by atoms with Crippen LogP contribution in [0.2, 0.25) is 0 Å². The van der Waals surface area contributed by atoms with Crippen LogP contribution in [-0.4, -0.2) is 4.57 Å². The molecule has 10 aromatic rings. The van der Waals surface area contributed by atoms with Gasteiger partial charge in [0.1, 0.15) is 0 Å². The van der Waals surface area contributed by atoms with Gasteiger partial charge in [-0.1, -0.05) is 158 Å². The topological polar surface area (TPSA) is 8.17 Å². The average Bonchev–Trinajstić information content (AvgIpc) is 3.77. The predicted octanol–water partition coefficient (Wildman–Crippen LogP) is 14.9. The second-order valence-electron chi connectivity index (χ2n) is 15.5. The molecule has 2 heteroatoms. The molecule has 0 saturated heterocycles. The molecule has 0 amide bonds. The lowest BCUT2D eigenvalue weighted by Gasteiger charge is -2.28. The first-order valence-corrected chi connectivity index (χ1v) is 20.1. The highest BCUT2D eigenvalue weighted by Crippen LogP contribution is 2.53. The lowest BCUT2D eigenvalue weighted by atomic mass is 9.74. The molecular formula is C56H40N2. The molecule has 1 aliphatic carbocycles. The molecule has 0 N–H and O–H groups in total. The van der Waals surface area contributed by atoms with Crippen LogP contribution in [0.5, 0.6) is 0 Å². The molecule has 58 heavy (non-hydrogen) atoms. The Balaban J connectivity index is 1.02. The van der Waals surface area contributed by atoms with Gasteiger partial charge >= 0.3 is 0 Å². The minimum absolute atomic E-state index is 0.208. The van der Waals surface area contributed by atoms with Crippen molar-refractivity contribution in [3.8, 4) is 39.1 Å². The van der Waals surface area contributed by atoms with Gasteiger partial charge in [0.2, 0.25) is 0 Å². The number of anilines is 3. The molecule has 11 rings (SSSR count). The first-order chi connectivity index (χ1) is 28.6. The Morgan fingerprint density at radius 2 is 0.879 bits per heavy atom. The number of hydrogen-bond acceptors (Lipinski definition) is 1. The maximum absolute atomic E-state index is 2.40. The molecule has 9 aromatic carbocycles. The summed E-state index contributed by atoms with van der Waals surface area (Å²) in [6.45, 7) is 2.37. The quantitative estimate of drug-likeness (QED) is 0.158. The van der Waals surface area contributed by atoms with Crippen LogP contribution in [0, 0.1) is 0 Å². The van der Waals surface area contributed by atoms with Gasteiger partial charge < -0.3 is 9.47 Å². The van der Waals surface area contributed by atoms with Crippen molar-refractivity contribution in [2.45, 2.75) is 12.3 Å². The molecule has 0 radical (unpaired) electrons. The van der Waals surface area contributed by atoms with Crippen LogP contribution in [0.15, 0.2) is 224 Å². The monoisotopic (exact) mass is 740 g/mol. The smallest absolute Gasteiger partial charge is 0.0542 e. The van der Waals surface area contributed by atoms with Crippen molar-refractivity contribution in [1.29, 1.82) is 0 Å². The number of benzene rings is 9. The summed E-state index contributed by atoms with van der Waals surface area (Å²) in [6.07, 6.45) is 0. The second kappa shape index (κ2) is 13.7. The van der Waals surface area contributed by atoms with Crippen LogP contribution < -0.4 is 4.90 Å². The Labute approximate surface area is 339 Å². The molecule has 0 fully saturated rings. The van der Waals surface area contributed by atoms with Crippen molar-refractivity contribution in [3.63, 3.8) is 0 Å². The van der Waals surface area contributed by atoms with Crippen molar-refractivity contribution in [2.24, 2.45) is 0 Å². The van der Waals surface area contributed by atoms with Crippen molar-refractivity contribution >= 4 is 38.9 Å². The van der Waals surface area contributed by atoms with E-state index in [0.29, 0.717) is 0 Å². The molecule has 0 aliphatic heterocycles. The van der Waals surface area contributed by atoms with Crippen LogP contribution in [0.25, 0.3) is 60.9 Å². The van der Waals surface area contributed by atoms with Crippen molar-refractivity contribution in [3.05, 3.63) is 241 Å². The molecule has 0 unspecified atom stereocenters. The van der Waals surface area contributed by atoms with Gasteiger partial charge in [-0.3, -0.25) is 0 Å². The number of para-hydroxylation sites is 2. The van der Waals surface area contributed by atoms with E-state index < -0.39 is 0 Å². The van der Waals surface area contributed by atoms with E-state index in [0.717, 1.165) is 22.7 Å². The molecule has 1 atom stereocenters. The third-order valence-electron chi connectivity index (χ3n) is 12.3. The molecule has 274 valence electrons. The Kier molecular flexibility index (Phi) is 7.97. The third-order valence-corrected chi connectivity index (χ3v) is 12.3. The van der Waals surface area contributed by atoms with Gasteiger partial charge in [-0.15, -0.1) is 0 Å². The molecular weight excluding hydrogens is 701 g/mol. The highest BCUT2D eigenvalue weighted by Gasteiger charge is 2.40. The highest BCUT2D eigenvalue weighted by molar-refractivity contribution is 6.10.